The maximum atomic E-state index is 7.42. The van der Waals surface area contributed by atoms with Gasteiger partial charge in [0.05, 0.1) is 16.5 Å². The number of para-hydroxylation sites is 2. The minimum atomic E-state index is -0.497. The van der Waals surface area contributed by atoms with Crippen LogP contribution in [0.1, 0.15) is 44.5 Å². The van der Waals surface area contributed by atoms with Crippen LogP contribution in [0.4, 0.5) is 17.1 Å². The molecule has 2 spiro atoms. The van der Waals surface area contributed by atoms with E-state index in [1.165, 1.54) is 83.5 Å². The standard InChI is InChI=1S/C68H41NO2/c1-2-18-43(19-3-1)69(44-38-36-42(37-39-44)45-26-16-33-58-63(45)50-24-8-14-31-56(50)67(58)52-27-10-4-20-46(52)47-21-5-11-28-53(47)67)60-34-17-35-61-65(60)71-66-62(70-61)41-40-59-64(66)51-25-9-15-32-57(51)68(59)54-29-12-6-22-48(54)49-23-7-13-30-55(49)68/h1-41H. The Balaban J connectivity index is 0.839. The molecule has 1 aliphatic heterocycles. The summed E-state index contributed by atoms with van der Waals surface area (Å²) >= 11 is 0. The Bertz CT molecular complexity index is 3980. The van der Waals surface area contributed by atoms with Crippen LogP contribution in [0.3, 0.4) is 0 Å². The number of hydrogen-bond acceptors (Lipinski definition) is 3. The van der Waals surface area contributed by atoms with E-state index in [0.717, 1.165) is 39.5 Å². The molecule has 4 aliphatic carbocycles. The summed E-state index contributed by atoms with van der Waals surface area (Å²) < 4.78 is 14.4. The molecule has 0 N–H and O–H groups in total. The number of anilines is 3. The summed E-state index contributed by atoms with van der Waals surface area (Å²) in [5.74, 6) is 2.79. The first-order chi connectivity index (χ1) is 35.2. The molecule has 71 heavy (non-hydrogen) atoms. The fraction of sp³-hybridized carbons (Fsp3) is 0.0294. The Morgan fingerprint density at radius 2 is 0.662 bits per heavy atom. The molecule has 0 aromatic heterocycles. The lowest BCUT2D eigenvalue weighted by Crippen LogP contribution is -2.25. The van der Waals surface area contributed by atoms with Gasteiger partial charge in [-0.3, -0.25) is 0 Å². The number of rotatable bonds is 4. The van der Waals surface area contributed by atoms with Crippen LogP contribution >= 0.6 is 0 Å². The van der Waals surface area contributed by atoms with Crippen molar-refractivity contribution in [3.63, 3.8) is 0 Å². The molecule has 0 amide bonds. The zero-order chi connectivity index (χ0) is 46.4. The summed E-state index contributed by atoms with van der Waals surface area (Å²) in [5, 5.41) is 0. The van der Waals surface area contributed by atoms with Gasteiger partial charge in [-0.05, 0) is 137 Å². The van der Waals surface area contributed by atoms with Crippen molar-refractivity contribution in [2.45, 2.75) is 10.8 Å². The minimum Gasteiger partial charge on any atom is -0.449 e. The first-order valence-electron chi connectivity index (χ1n) is 24.6. The van der Waals surface area contributed by atoms with Gasteiger partial charge < -0.3 is 14.4 Å². The van der Waals surface area contributed by atoms with Gasteiger partial charge >= 0.3 is 0 Å². The third-order valence-corrected chi connectivity index (χ3v) is 16.2. The molecule has 11 aromatic rings. The first kappa shape index (κ1) is 38.8. The maximum absolute atomic E-state index is 7.42. The normalized spacial score (nSPS) is 14.4. The Kier molecular flexibility index (Phi) is 7.75. The highest BCUT2D eigenvalue weighted by molar-refractivity contribution is 6.01. The second-order valence-corrected chi connectivity index (χ2v) is 19.3. The van der Waals surface area contributed by atoms with Crippen LogP contribution in [0.15, 0.2) is 249 Å². The molecule has 3 heteroatoms. The van der Waals surface area contributed by atoms with Gasteiger partial charge in [-0.2, -0.15) is 0 Å². The van der Waals surface area contributed by atoms with Crippen molar-refractivity contribution >= 4 is 17.1 Å². The molecular weight excluding hydrogens is 863 g/mol. The predicted molar refractivity (Wildman–Crippen MR) is 286 cm³/mol. The third kappa shape index (κ3) is 4.87. The van der Waals surface area contributed by atoms with Crippen LogP contribution < -0.4 is 14.4 Å². The average Bonchev–Trinajstić information content (AvgIpc) is 4.14. The largest absolute Gasteiger partial charge is 0.449 e. The molecule has 11 aromatic carbocycles. The van der Waals surface area contributed by atoms with Gasteiger partial charge in [-0.15, -0.1) is 0 Å². The van der Waals surface area contributed by atoms with Gasteiger partial charge in [0, 0.05) is 16.9 Å². The molecule has 3 nitrogen and oxygen atoms in total. The van der Waals surface area contributed by atoms with E-state index in [1.54, 1.807) is 0 Å². The van der Waals surface area contributed by atoms with Gasteiger partial charge in [0.15, 0.2) is 23.0 Å². The lowest BCUT2D eigenvalue weighted by Gasteiger charge is -2.32. The molecule has 0 saturated carbocycles. The summed E-state index contributed by atoms with van der Waals surface area (Å²) in [5.41, 5.74) is 24.8. The number of ether oxygens (including phenoxy) is 2. The second kappa shape index (κ2) is 14.2. The van der Waals surface area contributed by atoms with Crippen molar-refractivity contribution in [1.82, 2.24) is 0 Å². The molecule has 1 heterocycles. The van der Waals surface area contributed by atoms with Crippen molar-refractivity contribution in [3.05, 3.63) is 293 Å². The van der Waals surface area contributed by atoms with E-state index in [0.29, 0.717) is 17.2 Å². The van der Waals surface area contributed by atoms with Crippen molar-refractivity contribution < 1.29 is 9.47 Å². The molecule has 0 atom stereocenters. The van der Waals surface area contributed by atoms with Crippen LogP contribution in [0.2, 0.25) is 0 Å². The lowest BCUT2D eigenvalue weighted by atomic mass is 9.70. The van der Waals surface area contributed by atoms with E-state index in [2.05, 4.69) is 248 Å². The number of hydrogen-bond donors (Lipinski definition) is 0. The van der Waals surface area contributed by atoms with Crippen molar-refractivity contribution in [2.75, 3.05) is 4.90 Å². The van der Waals surface area contributed by atoms with Crippen LogP contribution in [0, 0.1) is 0 Å². The summed E-state index contributed by atoms with van der Waals surface area (Å²) in [6.07, 6.45) is 0. The van der Waals surface area contributed by atoms with Crippen LogP contribution in [0.5, 0.6) is 23.0 Å². The first-order valence-corrected chi connectivity index (χ1v) is 24.6. The smallest absolute Gasteiger partial charge is 0.194 e. The Labute approximate surface area is 412 Å². The monoisotopic (exact) mass is 903 g/mol. The van der Waals surface area contributed by atoms with Gasteiger partial charge in [-0.1, -0.05) is 206 Å². The van der Waals surface area contributed by atoms with E-state index in [9.17, 15) is 0 Å². The van der Waals surface area contributed by atoms with E-state index < -0.39 is 10.8 Å². The van der Waals surface area contributed by atoms with Crippen molar-refractivity contribution in [3.8, 4) is 78.6 Å². The summed E-state index contributed by atoms with van der Waals surface area (Å²) in [6.45, 7) is 0. The van der Waals surface area contributed by atoms with Gasteiger partial charge in [0.2, 0.25) is 0 Å². The molecule has 0 unspecified atom stereocenters. The van der Waals surface area contributed by atoms with Crippen molar-refractivity contribution in [1.29, 1.82) is 0 Å². The Morgan fingerprint density at radius 1 is 0.254 bits per heavy atom. The third-order valence-electron chi connectivity index (χ3n) is 16.2. The topological polar surface area (TPSA) is 21.7 Å². The second-order valence-electron chi connectivity index (χ2n) is 19.3. The molecular formula is C68H41NO2. The highest BCUT2D eigenvalue weighted by Gasteiger charge is 2.54. The number of fused-ring (bicyclic) bond motifs is 23. The average molecular weight is 904 g/mol. The Morgan fingerprint density at radius 3 is 1.23 bits per heavy atom. The van der Waals surface area contributed by atoms with E-state index in [4.69, 9.17) is 9.47 Å². The maximum Gasteiger partial charge on any atom is 0.194 e. The highest BCUT2D eigenvalue weighted by atomic mass is 16.6. The molecule has 0 fully saturated rings. The molecule has 0 radical (unpaired) electrons. The zero-order valence-electron chi connectivity index (χ0n) is 38.4. The van der Waals surface area contributed by atoms with E-state index in [-0.39, 0.29) is 0 Å². The molecule has 5 aliphatic rings. The Hall–Kier alpha value is -9.18. The van der Waals surface area contributed by atoms with Gasteiger partial charge in [-0.25, -0.2) is 0 Å². The lowest BCUT2D eigenvalue weighted by molar-refractivity contribution is 0.361. The van der Waals surface area contributed by atoms with Crippen LogP contribution in [-0.2, 0) is 10.8 Å². The zero-order valence-corrected chi connectivity index (χ0v) is 38.4. The summed E-state index contributed by atoms with van der Waals surface area (Å²) in [7, 11) is 0. The number of benzene rings is 11. The van der Waals surface area contributed by atoms with Crippen molar-refractivity contribution in [2.24, 2.45) is 0 Å². The fourth-order valence-electron chi connectivity index (χ4n) is 13.6. The van der Waals surface area contributed by atoms with E-state index >= 15 is 0 Å². The molecule has 0 saturated heterocycles. The highest BCUT2D eigenvalue weighted by Crippen LogP contribution is 2.68. The predicted octanol–water partition coefficient (Wildman–Crippen LogP) is 17.4. The minimum absolute atomic E-state index is 0.402. The quantitative estimate of drug-likeness (QED) is 0.176. The van der Waals surface area contributed by atoms with Gasteiger partial charge in [0.25, 0.3) is 0 Å². The summed E-state index contributed by atoms with van der Waals surface area (Å²) in [4.78, 5) is 2.30. The van der Waals surface area contributed by atoms with Crippen LogP contribution in [0.25, 0.3) is 55.6 Å². The molecule has 16 rings (SSSR count). The van der Waals surface area contributed by atoms with Gasteiger partial charge in [0.1, 0.15) is 0 Å². The number of nitrogens with zero attached hydrogens (tertiary/aromatic N) is 1. The fourth-order valence-corrected chi connectivity index (χ4v) is 13.6. The van der Waals surface area contributed by atoms with E-state index in [1.807, 2.05) is 6.07 Å². The SMILES string of the molecule is c1ccc(N(c2ccc(-c3cccc4c3-c3ccccc3C43c4ccccc4-c4ccccc43)cc2)c2cccc3c2Oc2c(ccc4c2-c2ccccc2C42c4ccccc4-c4ccccc42)O3)cc1. The summed E-state index contributed by atoms with van der Waals surface area (Å²) in [6, 6.07) is 90.9. The molecule has 0 bridgehead atoms. The van der Waals surface area contributed by atoms with Crippen LogP contribution in [-0.4, -0.2) is 0 Å². The molecule has 330 valence electrons.